The van der Waals surface area contributed by atoms with Crippen molar-refractivity contribution in [3.05, 3.63) is 24.3 Å². The molecule has 0 radical (unpaired) electrons. The van der Waals surface area contributed by atoms with Gasteiger partial charge in [0, 0.05) is 5.69 Å². The van der Waals surface area contributed by atoms with E-state index in [4.69, 9.17) is 15.2 Å². The minimum atomic E-state index is -4.71. The number of nitrogens with zero attached hydrogens (tertiary/aromatic N) is 1. The highest BCUT2D eigenvalue weighted by Gasteiger charge is 2.30. The summed E-state index contributed by atoms with van der Waals surface area (Å²) in [6.07, 6.45) is -4.85. The highest BCUT2D eigenvalue weighted by atomic mass is 127. The lowest BCUT2D eigenvalue weighted by molar-refractivity contribution is -0.274. The van der Waals surface area contributed by atoms with Crippen LogP contribution >= 0.6 is 24.0 Å². The van der Waals surface area contributed by atoms with Gasteiger partial charge in [0.15, 0.2) is 5.96 Å². The largest absolute Gasteiger partial charge is 0.573 e. The van der Waals surface area contributed by atoms with Crippen molar-refractivity contribution in [2.24, 2.45) is 10.7 Å². The van der Waals surface area contributed by atoms with E-state index in [0.717, 1.165) is 0 Å². The number of ether oxygens (including phenoxy) is 3. The number of halogens is 4. The summed E-state index contributed by atoms with van der Waals surface area (Å²) in [7, 11) is 0. The van der Waals surface area contributed by atoms with Gasteiger partial charge in [-0.3, -0.25) is 4.99 Å². The number of hydrogen-bond acceptors (Lipinski definition) is 4. The molecular weight excluding hydrogens is 430 g/mol. The van der Waals surface area contributed by atoms with E-state index >= 15 is 0 Å². The van der Waals surface area contributed by atoms with Crippen molar-refractivity contribution in [1.29, 1.82) is 0 Å². The van der Waals surface area contributed by atoms with Crippen LogP contribution in [-0.4, -0.2) is 44.8 Å². The molecule has 0 aliphatic carbocycles. The first-order chi connectivity index (χ1) is 10.4. The number of aliphatic imine (C=N–C) groups is 1. The van der Waals surface area contributed by atoms with Crippen LogP contribution in [-0.2, 0) is 9.47 Å². The van der Waals surface area contributed by atoms with E-state index in [1.165, 1.54) is 24.3 Å². The van der Waals surface area contributed by atoms with Crippen molar-refractivity contribution in [2.75, 3.05) is 31.7 Å². The minimum absolute atomic E-state index is 0. The third-order valence-corrected chi connectivity index (χ3v) is 2.71. The van der Waals surface area contributed by atoms with E-state index in [9.17, 15) is 13.2 Å². The molecule has 2 rings (SSSR count). The number of hydrogen-bond donors (Lipinski definition) is 2. The van der Waals surface area contributed by atoms with Crippen molar-refractivity contribution in [1.82, 2.24) is 0 Å². The van der Waals surface area contributed by atoms with Crippen LogP contribution in [0.15, 0.2) is 29.3 Å². The van der Waals surface area contributed by atoms with Gasteiger partial charge >= 0.3 is 6.36 Å². The van der Waals surface area contributed by atoms with Gasteiger partial charge in [0.05, 0.1) is 26.4 Å². The third-order valence-electron chi connectivity index (χ3n) is 2.71. The number of anilines is 1. The maximum Gasteiger partial charge on any atom is 0.573 e. The summed E-state index contributed by atoms with van der Waals surface area (Å²) in [5.74, 6) is -0.167. The van der Waals surface area contributed by atoms with E-state index in [2.05, 4.69) is 15.0 Å². The van der Waals surface area contributed by atoms with Crippen molar-refractivity contribution in [3.8, 4) is 5.75 Å². The molecule has 0 amide bonds. The zero-order valence-corrected chi connectivity index (χ0v) is 14.3. The maximum absolute atomic E-state index is 12.0. The van der Waals surface area contributed by atoms with E-state index in [1.807, 2.05) is 0 Å². The monoisotopic (exact) mass is 447 g/mol. The predicted octanol–water partition coefficient (Wildman–Crippen LogP) is 2.35. The van der Waals surface area contributed by atoms with Gasteiger partial charge in [-0.1, -0.05) is 0 Å². The SMILES string of the molecule is I.NC(=NCC1COCCO1)Nc1ccc(OC(F)(F)F)cc1. The molecule has 1 heterocycles. The Kier molecular flexibility index (Phi) is 7.85. The molecule has 1 aliphatic rings. The van der Waals surface area contributed by atoms with Gasteiger partial charge in [0.2, 0.25) is 0 Å². The fourth-order valence-electron chi connectivity index (χ4n) is 1.77. The van der Waals surface area contributed by atoms with Crippen LogP contribution in [0.1, 0.15) is 0 Å². The van der Waals surface area contributed by atoms with Gasteiger partial charge in [0.25, 0.3) is 0 Å². The molecular formula is C13H17F3IN3O3. The lowest BCUT2D eigenvalue weighted by Crippen LogP contribution is -2.32. The van der Waals surface area contributed by atoms with Crippen LogP contribution < -0.4 is 15.8 Å². The number of nitrogens with one attached hydrogen (secondary N) is 1. The van der Waals surface area contributed by atoms with Crippen LogP contribution in [0.25, 0.3) is 0 Å². The average Bonchev–Trinajstić information content (AvgIpc) is 2.47. The molecule has 1 atom stereocenters. The zero-order valence-electron chi connectivity index (χ0n) is 12.0. The summed E-state index contributed by atoms with van der Waals surface area (Å²) < 4.78 is 50.5. The standard InChI is InChI=1S/C13H16F3N3O3.HI/c14-13(15,16)22-10-3-1-9(2-4-10)19-12(17)18-7-11-8-20-5-6-21-11;/h1-4,11H,5-8H2,(H3,17,18,19);1H. The molecule has 1 fully saturated rings. The van der Waals surface area contributed by atoms with Crippen LogP contribution in [0.5, 0.6) is 5.75 Å². The molecule has 130 valence electrons. The van der Waals surface area contributed by atoms with E-state index in [-0.39, 0.29) is 41.8 Å². The fraction of sp³-hybridized carbons (Fsp3) is 0.462. The van der Waals surface area contributed by atoms with Crippen LogP contribution in [0, 0.1) is 0 Å². The number of rotatable bonds is 4. The number of benzene rings is 1. The third kappa shape index (κ3) is 7.70. The Morgan fingerprint density at radius 2 is 2.00 bits per heavy atom. The topological polar surface area (TPSA) is 78.1 Å². The van der Waals surface area contributed by atoms with E-state index in [1.54, 1.807) is 0 Å². The first-order valence-electron chi connectivity index (χ1n) is 6.54. The van der Waals surface area contributed by atoms with E-state index < -0.39 is 6.36 Å². The van der Waals surface area contributed by atoms with Gasteiger partial charge in [-0.25, -0.2) is 0 Å². The van der Waals surface area contributed by atoms with Crippen LogP contribution in [0.3, 0.4) is 0 Å². The second kappa shape index (κ2) is 9.13. The van der Waals surface area contributed by atoms with Crippen molar-refractivity contribution in [3.63, 3.8) is 0 Å². The van der Waals surface area contributed by atoms with Gasteiger partial charge in [-0.15, -0.1) is 37.1 Å². The Hall–Kier alpha value is -1.27. The average molecular weight is 447 g/mol. The van der Waals surface area contributed by atoms with Gasteiger partial charge in [-0.2, -0.15) is 0 Å². The maximum atomic E-state index is 12.0. The summed E-state index contributed by atoms with van der Waals surface area (Å²) in [5, 5.41) is 2.77. The molecule has 0 saturated carbocycles. The lowest BCUT2D eigenvalue weighted by atomic mass is 10.3. The summed E-state index contributed by atoms with van der Waals surface area (Å²) in [5.41, 5.74) is 6.19. The molecule has 1 aromatic carbocycles. The summed E-state index contributed by atoms with van der Waals surface area (Å²) in [6.45, 7) is 1.89. The second-order valence-electron chi connectivity index (χ2n) is 4.49. The summed E-state index contributed by atoms with van der Waals surface area (Å²) in [6, 6.07) is 5.18. The molecule has 0 bridgehead atoms. The fourth-order valence-corrected chi connectivity index (χ4v) is 1.77. The highest BCUT2D eigenvalue weighted by Crippen LogP contribution is 2.23. The molecule has 1 saturated heterocycles. The quantitative estimate of drug-likeness (QED) is 0.421. The molecule has 1 aliphatic heterocycles. The highest BCUT2D eigenvalue weighted by molar-refractivity contribution is 14.0. The zero-order chi connectivity index (χ0) is 16.0. The molecule has 0 aromatic heterocycles. The number of alkyl halides is 3. The molecule has 3 N–H and O–H groups in total. The van der Waals surface area contributed by atoms with Crippen molar-refractivity contribution >= 4 is 35.6 Å². The molecule has 10 heteroatoms. The second-order valence-corrected chi connectivity index (χ2v) is 4.49. The summed E-state index contributed by atoms with van der Waals surface area (Å²) in [4.78, 5) is 4.09. The molecule has 1 unspecified atom stereocenters. The first kappa shape index (κ1) is 19.8. The first-order valence-corrected chi connectivity index (χ1v) is 6.54. The Morgan fingerprint density at radius 1 is 1.30 bits per heavy atom. The Labute approximate surface area is 148 Å². The van der Waals surface area contributed by atoms with Crippen LogP contribution in [0.2, 0.25) is 0 Å². The molecule has 0 spiro atoms. The predicted molar refractivity (Wildman–Crippen MR) is 89.2 cm³/mol. The normalized spacial score (nSPS) is 18.9. The lowest BCUT2D eigenvalue weighted by Gasteiger charge is -2.21. The Morgan fingerprint density at radius 3 is 2.57 bits per heavy atom. The van der Waals surface area contributed by atoms with Gasteiger partial charge in [0.1, 0.15) is 11.9 Å². The smallest absolute Gasteiger partial charge is 0.406 e. The molecule has 6 nitrogen and oxygen atoms in total. The summed E-state index contributed by atoms with van der Waals surface area (Å²) >= 11 is 0. The Bertz CT molecular complexity index is 505. The van der Waals surface area contributed by atoms with Crippen molar-refractivity contribution < 1.29 is 27.4 Å². The molecule has 23 heavy (non-hydrogen) atoms. The number of guanidine groups is 1. The minimum Gasteiger partial charge on any atom is -0.406 e. The number of nitrogens with two attached hydrogens (primary N) is 1. The van der Waals surface area contributed by atoms with Crippen LogP contribution in [0.4, 0.5) is 18.9 Å². The van der Waals surface area contributed by atoms with Gasteiger partial charge in [-0.05, 0) is 24.3 Å². The van der Waals surface area contributed by atoms with Crippen molar-refractivity contribution in [2.45, 2.75) is 12.5 Å². The van der Waals surface area contributed by atoms with E-state index in [0.29, 0.717) is 32.1 Å². The molecule has 1 aromatic rings. The van der Waals surface area contributed by atoms with Gasteiger partial charge < -0.3 is 25.3 Å². The Balaban J connectivity index is 0.00000264.